The second kappa shape index (κ2) is 11.2. The summed E-state index contributed by atoms with van der Waals surface area (Å²) in [5.74, 6) is 1.17. The van der Waals surface area contributed by atoms with Gasteiger partial charge >= 0.3 is 0 Å². The van der Waals surface area contributed by atoms with E-state index in [1.807, 2.05) is 6.92 Å². The Morgan fingerprint density at radius 2 is 1.94 bits per heavy atom. The van der Waals surface area contributed by atoms with Crippen molar-refractivity contribution < 1.29 is 0 Å². The van der Waals surface area contributed by atoms with Crippen molar-refractivity contribution in [2.45, 2.75) is 60.8 Å². The van der Waals surface area contributed by atoms with Gasteiger partial charge in [0.2, 0.25) is 0 Å². The lowest BCUT2D eigenvalue weighted by molar-refractivity contribution is 0.0250. The third kappa shape index (κ3) is 6.18. The fraction of sp³-hybridized carbons (Fsp3) is 0.593. The van der Waals surface area contributed by atoms with Crippen LogP contribution in [0.4, 0.5) is 17.2 Å². The van der Waals surface area contributed by atoms with Crippen LogP contribution in [-0.2, 0) is 0 Å². The molecule has 1 saturated heterocycles. The molecule has 0 bridgehead atoms. The molecule has 1 fully saturated rings. The molecule has 0 saturated carbocycles. The minimum absolute atomic E-state index is 0.217. The summed E-state index contributed by atoms with van der Waals surface area (Å²) in [6.07, 6.45) is 3.22. The number of hydrazine groups is 1. The Morgan fingerprint density at radius 1 is 1.26 bits per heavy atom. The third-order valence-corrected chi connectivity index (χ3v) is 7.84. The van der Waals surface area contributed by atoms with Crippen LogP contribution in [0.2, 0.25) is 0 Å². The van der Waals surface area contributed by atoms with Crippen molar-refractivity contribution in [1.29, 1.82) is 0 Å². The number of anilines is 3. The van der Waals surface area contributed by atoms with E-state index in [0.29, 0.717) is 11.7 Å². The second-order valence-electron chi connectivity index (χ2n) is 10.6. The number of hydrogen-bond donors (Lipinski definition) is 3. The highest BCUT2D eigenvalue weighted by molar-refractivity contribution is 7.77. The molecule has 1 aromatic carbocycles. The van der Waals surface area contributed by atoms with E-state index in [-0.39, 0.29) is 5.41 Å². The lowest BCUT2D eigenvalue weighted by atomic mass is 9.81. The summed E-state index contributed by atoms with van der Waals surface area (Å²) < 4.78 is 2.12. The Hall–Kier alpha value is -1.96. The maximum absolute atomic E-state index is 6.24. The van der Waals surface area contributed by atoms with Gasteiger partial charge in [0.1, 0.15) is 5.82 Å². The van der Waals surface area contributed by atoms with E-state index in [1.165, 1.54) is 5.69 Å². The average molecular weight is 485 g/mol. The van der Waals surface area contributed by atoms with Gasteiger partial charge in [0.25, 0.3) is 0 Å². The van der Waals surface area contributed by atoms with Gasteiger partial charge in [0.15, 0.2) is 0 Å². The molecule has 0 unspecified atom stereocenters. The number of nitrogens with two attached hydrogens (primary N) is 1. The number of pyridine rings is 1. The number of hydrogen-bond acceptors (Lipinski definition) is 7. The zero-order chi connectivity index (χ0) is 25.0. The fourth-order valence-electron chi connectivity index (χ4n) is 4.18. The molecule has 0 radical (unpaired) electrons. The highest BCUT2D eigenvalue weighted by Crippen LogP contribution is 2.34. The molecule has 7 heteroatoms. The number of fused-ring (bicyclic) bond motifs is 1. The first-order valence-electron chi connectivity index (χ1n) is 12.6. The van der Waals surface area contributed by atoms with E-state index in [0.717, 1.165) is 79.8 Å². The number of nitrogen functional groups attached to an aromatic ring is 1. The van der Waals surface area contributed by atoms with Crippen LogP contribution in [-0.4, -0.2) is 47.1 Å². The lowest BCUT2D eigenvalue weighted by Gasteiger charge is -2.43. The SMILES string of the molecule is C=C(CCCC)Nc1c(C)c(N)nc2ccc(N3CCN(N(S)CC(C)(C)C(C)C)CC3)cc12. The first-order chi connectivity index (χ1) is 16.0. The van der Waals surface area contributed by atoms with E-state index in [4.69, 9.17) is 18.5 Å². The van der Waals surface area contributed by atoms with Crippen LogP contribution in [0.1, 0.15) is 59.4 Å². The maximum atomic E-state index is 6.24. The molecule has 0 atom stereocenters. The normalized spacial score (nSPS) is 15.5. The second-order valence-corrected chi connectivity index (χ2v) is 11.1. The number of nitrogens with one attached hydrogen (secondary N) is 1. The summed E-state index contributed by atoms with van der Waals surface area (Å²) >= 11 is 4.82. The third-order valence-electron chi connectivity index (χ3n) is 7.44. The van der Waals surface area contributed by atoms with Crippen LogP contribution in [0.3, 0.4) is 0 Å². The lowest BCUT2D eigenvalue weighted by Crippen LogP contribution is -2.53. The van der Waals surface area contributed by atoms with Crippen LogP contribution in [0.15, 0.2) is 30.5 Å². The van der Waals surface area contributed by atoms with Crippen molar-refractivity contribution in [3.63, 3.8) is 0 Å². The molecule has 0 aliphatic carbocycles. The molecule has 0 spiro atoms. The number of unbranched alkanes of at least 4 members (excludes halogenated alkanes) is 1. The topological polar surface area (TPSA) is 60.7 Å². The summed E-state index contributed by atoms with van der Waals surface area (Å²) in [5.41, 5.74) is 11.6. The van der Waals surface area contributed by atoms with Gasteiger partial charge in [-0.3, -0.25) is 0 Å². The molecule has 1 aromatic heterocycles. The Kier molecular flexibility index (Phi) is 8.77. The minimum Gasteiger partial charge on any atom is -0.383 e. The number of benzene rings is 1. The molecule has 34 heavy (non-hydrogen) atoms. The Bertz CT molecular complexity index is 994. The fourth-order valence-corrected chi connectivity index (χ4v) is 4.73. The van der Waals surface area contributed by atoms with Crippen LogP contribution in [0.25, 0.3) is 10.9 Å². The van der Waals surface area contributed by atoms with Crippen molar-refractivity contribution in [2.24, 2.45) is 11.3 Å². The molecular weight excluding hydrogens is 440 g/mol. The van der Waals surface area contributed by atoms with Crippen molar-refractivity contribution in [2.75, 3.05) is 48.7 Å². The number of allylic oxidation sites excluding steroid dienone is 1. The highest BCUT2D eigenvalue weighted by atomic mass is 32.1. The molecule has 3 rings (SSSR count). The molecule has 3 N–H and O–H groups in total. The van der Waals surface area contributed by atoms with Gasteiger partial charge in [-0.05, 0) is 49.3 Å². The molecule has 188 valence electrons. The summed E-state index contributed by atoms with van der Waals surface area (Å²) in [6, 6.07) is 6.50. The Labute approximate surface area is 212 Å². The van der Waals surface area contributed by atoms with Gasteiger partial charge in [0.05, 0.1) is 11.2 Å². The molecule has 0 amide bonds. The summed E-state index contributed by atoms with van der Waals surface area (Å²) in [4.78, 5) is 7.09. The summed E-state index contributed by atoms with van der Waals surface area (Å²) in [7, 11) is 0. The predicted molar refractivity (Wildman–Crippen MR) is 151 cm³/mol. The van der Waals surface area contributed by atoms with Crippen molar-refractivity contribution in [1.82, 2.24) is 14.4 Å². The van der Waals surface area contributed by atoms with Gasteiger partial charge in [-0.15, -0.1) is 0 Å². The first kappa shape index (κ1) is 26.6. The standard InChI is InChI=1S/C27H44N6S/c1-8-9-10-20(4)29-25-21(5)26(28)30-24-12-11-22(17-23(24)25)31-13-15-32(16-14-31)33(34)18-27(6,7)19(2)3/h11-12,17,19,34H,4,8-10,13-16,18H2,1-3,5-7H3,(H3,28,29,30). The van der Waals surface area contributed by atoms with Gasteiger partial charge < -0.3 is 16.0 Å². The van der Waals surface area contributed by atoms with E-state index >= 15 is 0 Å². The number of nitrogens with zero attached hydrogens (tertiary/aromatic N) is 4. The molecule has 6 nitrogen and oxygen atoms in total. The number of piperazine rings is 1. The molecule has 1 aliphatic heterocycles. The summed E-state index contributed by atoms with van der Waals surface area (Å²) in [6.45, 7) is 22.4. The molecular formula is C27H44N6S. The first-order valence-corrected chi connectivity index (χ1v) is 13.0. The van der Waals surface area contributed by atoms with Crippen molar-refractivity contribution >= 4 is 40.9 Å². The quantitative estimate of drug-likeness (QED) is 0.354. The zero-order valence-electron chi connectivity index (χ0n) is 22.0. The Balaban J connectivity index is 1.76. The van der Waals surface area contributed by atoms with E-state index < -0.39 is 0 Å². The average Bonchev–Trinajstić information content (AvgIpc) is 2.80. The van der Waals surface area contributed by atoms with Crippen LogP contribution in [0, 0.1) is 18.3 Å². The zero-order valence-corrected chi connectivity index (χ0v) is 22.9. The number of aromatic nitrogens is 1. The van der Waals surface area contributed by atoms with Crippen LogP contribution in [0.5, 0.6) is 0 Å². The van der Waals surface area contributed by atoms with Gasteiger partial charge in [0, 0.05) is 55.1 Å². The molecule has 2 aromatic rings. The van der Waals surface area contributed by atoms with Gasteiger partial charge in [-0.2, -0.15) is 4.41 Å². The maximum Gasteiger partial charge on any atom is 0.129 e. The number of thiol groups is 1. The van der Waals surface area contributed by atoms with Crippen LogP contribution < -0.4 is 16.0 Å². The van der Waals surface area contributed by atoms with E-state index in [2.05, 4.69) is 84.0 Å². The largest absolute Gasteiger partial charge is 0.383 e. The predicted octanol–water partition coefficient (Wildman–Crippen LogP) is 6.11. The number of rotatable bonds is 10. The molecule has 1 aliphatic rings. The van der Waals surface area contributed by atoms with Crippen molar-refractivity contribution in [3.8, 4) is 0 Å². The van der Waals surface area contributed by atoms with Crippen molar-refractivity contribution in [3.05, 3.63) is 36.0 Å². The van der Waals surface area contributed by atoms with Gasteiger partial charge in [-0.1, -0.05) is 60.4 Å². The smallest absolute Gasteiger partial charge is 0.129 e. The molecule has 2 heterocycles. The monoisotopic (exact) mass is 484 g/mol. The van der Waals surface area contributed by atoms with E-state index in [9.17, 15) is 0 Å². The van der Waals surface area contributed by atoms with Gasteiger partial charge in [-0.25, -0.2) is 9.99 Å². The Morgan fingerprint density at radius 3 is 2.56 bits per heavy atom. The van der Waals surface area contributed by atoms with E-state index in [1.54, 1.807) is 0 Å². The van der Waals surface area contributed by atoms with Crippen LogP contribution >= 0.6 is 12.8 Å². The summed E-state index contributed by atoms with van der Waals surface area (Å²) in [5, 5.41) is 7.01. The minimum atomic E-state index is 0.217. The highest BCUT2D eigenvalue weighted by Gasteiger charge is 2.29.